The Bertz CT molecular complexity index is 546. The van der Waals surface area contributed by atoms with E-state index in [0.717, 1.165) is 11.3 Å². The second-order valence-electron chi connectivity index (χ2n) is 3.38. The number of carboxylic acid groups (broad SMARTS) is 1. The van der Waals surface area contributed by atoms with Crippen LogP contribution in [0.25, 0.3) is 11.3 Å². The summed E-state index contributed by atoms with van der Waals surface area (Å²) in [7, 11) is 1.78. The smallest absolute Gasteiger partial charge is 0.339 e. The molecule has 0 fully saturated rings. The van der Waals surface area contributed by atoms with Gasteiger partial charge in [-0.15, -0.1) is 0 Å². The molecule has 0 radical (unpaired) electrons. The molecule has 0 amide bonds. The van der Waals surface area contributed by atoms with Crippen molar-refractivity contribution in [1.29, 1.82) is 0 Å². The Balaban J connectivity index is 2.50. The number of aromatic carboxylic acids is 1. The van der Waals surface area contributed by atoms with E-state index in [1.807, 2.05) is 0 Å². The van der Waals surface area contributed by atoms with E-state index in [0.29, 0.717) is 0 Å². The second-order valence-corrected chi connectivity index (χ2v) is 3.38. The lowest BCUT2D eigenvalue weighted by atomic mass is 10.1. The molecule has 16 heavy (non-hydrogen) atoms. The first-order valence-corrected chi connectivity index (χ1v) is 4.64. The molecule has 0 bridgehead atoms. The number of carboxylic acids is 1. The van der Waals surface area contributed by atoms with Crippen LogP contribution in [0, 0.1) is 0 Å². The highest BCUT2D eigenvalue weighted by atomic mass is 16.4. The summed E-state index contributed by atoms with van der Waals surface area (Å²) in [5.74, 6) is -1.39. The van der Waals surface area contributed by atoms with Gasteiger partial charge in [0.05, 0.1) is 5.69 Å². The van der Waals surface area contributed by atoms with E-state index in [2.05, 4.69) is 5.10 Å². The predicted molar refractivity (Wildman–Crippen MR) is 57.3 cm³/mol. The van der Waals surface area contributed by atoms with E-state index in [1.54, 1.807) is 30.1 Å². The number of rotatable bonds is 2. The lowest BCUT2D eigenvalue weighted by Crippen LogP contribution is -1.98. The molecule has 0 unspecified atom stereocenters. The standard InChI is InChI=1S/C11H10N2O3/c1-13-9(4-5-12-13)7-2-3-8(11(15)16)10(14)6-7/h2-6,14H,1H3,(H,15,16). The quantitative estimate of drug-likeness (QED) is 0.800. The molecule has 0 saturated heterocycles. The normalized spacial score (nSPS) is 10.3. The molecular formula is C11H10N2O3. The number of benzene rings is 1. The van der Waals surface area contributed by atoms with E-state index >= 15 is 0 Å². The summed E-state index contributed by atoms with van der Waals surface area (Å²) in [6.45, 7) is 0. The first kappa shape index (κ1) is 10.2. The van der Waals surface area contributed by atoms with Gasteiger partial charge in [-0.25, -0.2) is 4.79 Å². The zero-order chi connectivity index (χ0) is 11.7. The maximum absolute atomic E-state index is 10.7. The van der Waals surface area contributed by atoms with Crippen LogP contribution in [-0.4, -0.2) is 26.0 Å². The third-order valence-corrected chi connectivity index (χ3v) is 2.34. The molecule has 0 aliphatic heterocycles. The fraction of sp³-hybridized carbons (Fsp3) is 0.0909. The maximum Gasteiger partial charge on any atom is 0.339 e. The van der Waals surface area contributed by atoms with Crippen molar-refractivity contribution in [3.05, 3.63) is 36.0 Å². The van der Waals surface area contributed by atoms with Crippen LogP contribution in [0.4, 0.5) is 0 Å². The first-order valence-electron chi connectivity index (χ1n) is 4.64. The van der Waals surface area contributed by atoms with Crippen molar-refractivity contribution in [1.82, 2.24) is 9.78 Å². The number of aromatic nitrogens is 2. The number of phenols is 1. The van der Waals surface area contributed by atoms with Crippen LogP contribution in [0.5, 0.6) is 5.75 Å². The van der Waals surface area contributed by atoms with Crippen LogP contribution < -0.4 is 0 Å². The van der Waals surface area contributed by atoms with Crippen LogP contribution >= 0.6 is 0 Å². The highest BCUT2D eigenvalue weighted by Gasteiger charge is 2.11. The molecule has 0 atom stereocenters. The highest BCUT2D eigenvalue weighted by molar-refractivity contribution is 5.91. The number of aryl methyl sites for hydroxylation is 1. The minimum atomic E-state index is -1.14. The number of aromatic hydroxyl groups is 1. The van der Waals surface area contributed by atoms with Crippen molar-refractivity contribution in [2.75, 3.05) is 0 Å². The maximum atomic E-state index is 10.7. The van der Waals surface area contributed by atoms with Crippen LogP contribution in [0.15, 0.2) is 30.5 Å². The van der Waals surface area contributed by atoms with Gasteiger partial charge in [-0.2, -0.15) is 5.10 Å². The molecule has 82 valence electrons. The van der Waals surface area contributed by atoms with Crippen LogP contribution in [0.2, 0.25) is 0 Å². The SMILES string of the molecule is Cn1nccc1-c1ccc(C(=O)O)c(O)c1. The zero-order valence-electron chi connectivity index (χ0n) is 8.58. The number of hydrogen-bond donors (Lipinski definition) is 2. The highest BCUT2D eigenvalue weighted by Crippen LogP contribution is 2.25. The topological polar surface area (TPSA) is 75.4 Å². The molecule has 0 spiro atoms. The van der Waals surface area contributed by atoms with Gasteiger partial charge >= 0.3 is 5.97 Å². The Labute approximate surface area is 91.6 Å². The Morgan fingerprint density at radius 1 is 1.38 bits per heavy atom. The summed E-state index contributed by atoms with van der Waals surface area (Å²) in [5.41, 5.74) is 1.43. The number of carbonyl (C=O) groups is 1. The van der Waals surface area contributed by atoms with Crippen LogP contribution in [-0.2, 0) is 7.05 Å². The Hall–Kier alpha value is -2.30. The van der Waals surface area contributed by atoms with E-state index in [-0.39, 0.29) is 11.3 Å². The largest absolute Gasteiger partial charge is 0.507 e. The van der Waals surface area contributed by atoms with Gasteiger partial charge in [0, 0.05) is 18.8 Å². The predicted octanol–water partition coefficient (Wildman–Crippen LogP) is 1.49. The lowest BCUT2D eigenvalue weighted by Gasteiger charge is -2.04. The molecule has 2 rings (SSSR count). The minimum absolute atomic E-state index is 0.106. The molecule has 2 N–H and O–H groups in total. The average molecular weight is 218 g/mol. The first-order chi connectivity index (χ1) is 7.59. The molecule has 5 nitrogen and oxygen atoms in total. The zero-order valence-corrected chi connectivity index (χ0v) is 8.58. The van der Waals surface area contributed by atoms with E-state index in [9.17, 15) is 9.90 Å². The third kappa shape index (κ3) is 1.63. The molecule has 2 aromatic rings. The summed E-state index contributed by atoms with van der Waals surface area (Å²) < 4.78 is 1.65. The van der Waals surface area contributed by atoms with Crippen molar-refractivity contribution >= 4 is 5.97 Å². The molecule has 1 aromatic carbocycles. The average Bonchev–Trinajstić information content (AvgIpc) is 2.63. The van der Waals surface area contributed by atoms with Gasteiger partial charge in [0.15, 0.2) is 0 Å². The molecule has 1 aromatic heterocycles. The van der Waals surface area contributed by atoms with Crippen molar-refractivity contribution < 1.29 is 15.0 Å². The molecule has 0 aliphatic carbocycles. The Morgan fingerprint density at radius 2 is 2.12 bits per heavy atom. The summed E-state index contributed by atoms with van der Waals surface area (Å²) in [5, 5.41) is 22.3. The van der Waals surface area contributed by atoms with Crippen molar-refractivity contribution in [2.24, 2.45) is 7.05 Å². The van der Waals surface area contributed by atoms with Gasteiger partial charge in [0.1, 0.15) is 11.3 Å². The molecule has 1 heterocycles. The molecule has 0 aliphatic rings. The molecular weight excluding hydrogens is 208 g/mol. The van der Waals surface area contributed by atoms with Gasteiger partial charge in [0.25, 0.3) is 0 Å². The Morgan fingerprint density at radius 3 is 2.62 bits per heavy atom. The van der Waals surface area contributed by atoms with Gasteiger partial charge in [-0.3, -0.25) is 4.68 Å². The summed E-state index contributed by atoms with van der Waals surface area (Å²) in [4.78, 5) is 10.7. The van der Waals surface area contributed by atoms with E-state index in [4.69, 9.17) is 5.11 Å². The summed E-state index contributed by atoms with van der Waals surface area (Å²) >= 11 is 0. The van der Waals surface area contributed by atoms with Gasteiger partial charge < -0.3 is 10.2 Å². The number of nitrogens with zero attached hydrogens (tertiary/aromatic N) is 2. The second kappa shape index (κ2) is 3.69. The summed E-state index contributed by atoms with van der Waals surface area (Å²) in [6.07, 6.45) is 1.64. The van der Waals surface area contributed by atoms with Gasteiger partial charge in [0.2, 0.25) is 0 Å². The molecule has 5 heteroatoms. The van der Waals surface area contributed by atoms with E-state index < -0.39 is 5.97 Å². The van der Waals surface area contributed by atoms with Crippen molar-refractivity contribution in [3.63, 3.8) is 0 Å². The summed E-state index contributed by atoms with van der Waals surface area (Å²) in [6, 6.07) is 6.22. The van der Waals surface area contributed by atoms with Crippen molar-refractivity contribution in [2.45, 2.75) is 0 Å². The van der Waals surface area contributed by atoms with E-state index in [1.165, 1.54) is 12.1 Å². The van der Waals surface area contributed by atoms with Crippen LogP contribution in [0.1, 0.15) is 10.4 Å². The van der Waals surface area contributed by atoms with Crippen molar-refractivity contribution in [3.8, 4) is 17.0 Å². The number of hydrogen-bond acceptors (Lipinski definition) is 3. The minimum Gasteiger partial charge on any atom is -0.507 e. The fourth-order valence-corrected chi connectivity index (χ4v) is 1.53. The monoisotopic (exact) mass is 218 g/mol. The van der Waals surface area contributed by atoms with Crippen LogP contribution in [0.3, 0.4) is 0 Å². The third-order valence-electron chi connectivity index (χ3n) is 2.34. The Kier molecular flexibility index (Phi) is 2.36. The van der Waals surface area contributed by atoms with Gasteiger partial charge in [-0.1, -0.05) is 6.07 Å². The van der Waals surface area contributed by atoms with Gasteiger partial charge in [-0.05, 0) is 18.2 Å². The fourth-order valence-electron chi connectivity index (χ4n) is 1.53. The molecule has 0 saturated carbocycles. The lowest BCUT2D eigenvalue weighted by molar-refractivity contribution is 0.0694.